The quantitative estimate of drug-likeness (QED) is 0.691. The number of carbonyl (C=O) groups is 1. The van der Waals surface area contributed by atoms with E-state index in [-0.39, 0.29) is 17.4 Å². The third-order valence-corrected chi connectivity index (χ3v) is 6.44. The molecular formula is C21H22N6O2S. The molecule has 2 aliphatic rings. The molecule has 0 aromatic carbocycles. The summed E-state index contributed by atoms with van der Waals surface area (Å²) in [5.74, 6) is 1.22. The number of piperazine rings is 1. The lowest BCUT2D eigenvalue weighted by Crippen LogP contribution is -2.49. The number of hydrogen-bond donors (Lipinski definition) is 0. The average molecular weight is 423 g/mol. The Morgan fingerprint density at radius 2 is 1.93 bits per heavy atom. The van der Waals surface area contributed by atoms with Crippen molar-refractivity contribution in [2.45, 2.75) is 37.6 Å². The summed E-state index contributed by atoms with van der Waals surface area (Å²) in [5.41, 5.74) is 3.08. The lowest BCUT2D eigenvalue weighted by atomic mass is 9.95. The maximum Gasteiger partial charge on any atom is 0.234 e. The zero-order valence-corrected chi connectivity index (χ0v) is 17.7. The van der Waals surface area contributed by atoms with Gasteiger partial charge in [-0.25, -0.2) is 9.97 Å². The van der Waals surface area contributed by atoms with Crippen molar-refractivity contribution in [1.29, 1.82) is 10.5 Å². The fourth-order valence-corrected chi connectivity index (χ4v) is 4.77. The van der Waals surface area contributed by atoms with Crippen LogP contribution in [-0.4, -0.2) is 52.7 Å². The summed E-state index contributed by atoms with van der Waals surface area (Å²) in [6, 6.07) is 6.23. The molecular weight excluding hydrogens is 400 g/mol. The molecule has 0 unspecified atom stereocenters. The van der Waals surface area contributed by atoms with Gasteiger partial charge in [0.05, 0.1) is 11.3 Å². The molecule has 8 nitrogen and oxygen atoms in total. The van der Waals surface area contributed by atoms with Gasteiger partial charge >= 0.3 is 0 Å². The van der Waals surface area contributed by atoms with Crippen molar-refractivity contribution in [2.24, 2.45) is 0 Å². The average Bonchev–Trinajstić information content (AvgIpc) is 3.17. The minimum absolute atomic E-state index is 0.0253. The van der Waals surface area contributed by atoms with E-state index in [1.807, 2.05) is 15.9 Å². The van der Waals surface area contributed by atoms with Crippen LogP contribution in [0, 0.1) is 29.6 Å². The molecule has 30 heavy (non-hydrogen) atoms. The molecule has 0 N–H and O–H groups in total. The lowest BCUT2D eigenvalue weighted by molar-refractivity contribution is -0.128. The van der Waals surface area contributed by atoms with Crippen LogP contribution in [0.3, 0.4) is 0 Å². The zero-order valence-electron chi connectivity index (χ0n) is 16.8. The molecule has 0 atom stereocenters. The number of amides is 1. The van der Waals surface area contributed by atoms with Gasteiger partial charge in [0, 0.05) is 38.8 Å². The first-order valence-electron chi connectivity index (χ1n) is 10.0. The molecule has 1 aliphatic heterocycles. The Kier molecular flexibility index (Phi) is 5.91. The first kappa shape index (κ1) is 20.2. The normalized spacial score (nSPS) is 16.0. The highest BCUT2D eigenvalue weighted by Crippen LogP contribution is 2.28. The first-order valence-corrected chi connectivity index (χ1v) is 11.0. The van der Waals surface area contributed by atoms with Crippen molar-refractivity contribution in [3.63, 3.8) is 0 Å². The molecule has 0 radical (unpaired) electrons. The van der Waals surface area contributed by atoms with Gasteiger partial charge in [0.15, 0.2) is 5.89 Å². The predicted molar refractivity (Wildman–Crippen MR) is 111 cm³/mol. The summed E-state index contributed by atoms with van der Waals surface area (Å²) in [7, 11) is 0. The number of carbonyl (C=O) groups excluding carboxylic acids is 1. The Labute approximate surface area is 179 Å². The van der Waals surface area contributed by atoms with Gasteiger partial charge in [-0.15, -0.1) is 0 Å². The fraction of sp³-hybridized carbons (Fsp3) is 0.476. The highest BCUT2D eigenvalue weighted by atomic mass is 32.2. The topological polar surface area (TPSA) is 110 Å². The number of fused-ring (bicyclic) bond motifs is 1. The van der Waals surface area contributed by atoms with Crippen molar-refractivity contribution >= 4 is 23.6 Å². The van der Waals surface area contributed by atoms with E-state index in [1.165, 1.54) is 17.3 Å². The number of pyridine rings is 1. The monoisotopic (exact) mass is 422 g/mol. The van der Waals surface area contributed by atoms with E-state index in [0.717, 1.165) is 31.4 Å². The summed E-state index contributed by atoms with van der Waals surface area (Å²) in [4.78, 5) is 25.2. The zero-order chi connectivity index (χ0) is 21.1. The molecule has 1 fully saturated rings. The van der Waals surface area contributed by atoms with E-state index in [4.69, 9.17) is 4.42 Å². The number of aromatic nitrogens is 2. The van der Waals surface area contributed by atoms with Crippen LogP contribution in [0.15, 0.2) is 15.5 Å². The maximum absolute atomic E-state index is 12.7. The molecule has 4 rings (SSSR count). The molecule has 0 saturated carbocycles. The minimum atomic E-state index is 0.0253. The number of nitriles is 2. The molecule has 154 valence electrons. The second-order valence-electron chi connectivity index (χ2n) is 7.42. The van der Waals surface area contributed by atoms with Crippen LogP contribution >= 0.6 is 11.8 Å². The van der Waals surface area contributed by atoms with Crippen molar-refractivity contribution in [1.82, 2.24) is 14.9 Å². The van der Waals surface area contributed by atoms with E-state index in [1.54, 1.807) is 6.92 Å². The highest BCUT2D eigenvalue weighted by molar-refractivity contribution is 8.00. The SMILES string of the molecule is Cc1nc(C#N)c(N2CCN(C(=O)CSc3nc4c(cc3C#N)CCCC4)CC2)o1. The predicted octanol–water partition coefficient (Wildman–Crippen LogP) is 2.44. The molecule has 3 heterocycles. The number of thioether (sulfide) groups is 1. The summed E-state index contributed by atoms with van der Waals surface area (Å²) in [5, 5.41) is 19.3. The van der Waals surface area contributed by atoms with Crippen molar-refractivity contribution in [2.75, 3.05) is 36.8 Å². The summed E-state index contributed by atoms with van der Waals surface area (Å²) in [6.07, 6.45) is 4.18. The van der Waals surface area contributed by atoms with Gasteiger partial charge in [-0.1, -0.05) is 11.8 Å². The maximum atomic E-state index is 12.7. The van der Waals surface area contributed by atoms with Crippen LogP contribution in [0.5, 0.6) is 0 Å². The van der Waals surface area contributed by atoms with Crippen LogP contribution in [0.4, 0.5) is 5.88 Å². The second-order valence-corrected chi connectivity index (χ2v) is 8.38. The molecule has 1 amide bonds. The Morgan fingerprint density at radius 1 is 1.17 bits per heavy atom. The summed E-state index contributed by atoms with van der Waals surface area (Å²) in [6.45, 7) is 3.98. The van der Waals surface area contributed by atoms with Gasteiger partial charge in [0.2, 0.25) is 17.5 Å². The van der Waals surface area contributed by atoms with Crippen LogP contribution in [-0.2, 0) is 17.6 Å². The van der Waals surface area contributed by atoms with Crippen molar-refractivity contribution in [3.05, 3.63) is 34.5 Å². The largest absolute Gasteiger partial charge is 0.424 e. The second kappa shape index (κ2) is 8.76. The lowest BCUT2D eigenvalue weighted by Gasteiger charge is -2.34. The molecule has 9 heteroatoms. The van der Waals surface area contributed by atoms with Crippen LogP contribution in [0.2, 0.25) is 0 Å². The van der Waals surface area contributed by atoms with Crippen molar-refractivity contribution in [3.8, 4) is 12.1 Å². The standard InChI is InChI=1S/C21H22N6O2S/c1-14-24-18(12-23)21(29-14)27-8-6-26(7-9-27)19(28)13-30-20-16(11-22)10-15-4-2-3-5-17(15)25-20/h10H,2-9,13H2,1H3. The van der Waals surface area contributed by atoms with E-state index in [2.05, 4.69) is 22.1 Å². The number of anilines is 1. The van der Waals surface area contributed by atoms with Gasteiger partial charge in [-0.3, -0.25) is 4.79 Å². The van der Waals surface area contributed by atoms with E-state index < -0.39 is 0 Å². The first-order chi connectivity index (χ1) is 14.6. The fourth-order valence-electron chi connectivity index (χ4n) is 3.89. The van der Waals surface area contributed by atoms with E-state index >= 15 is 0 Å². The molecule has 1 saturated heterocycles. The Balaban J connectivity index is 1.36. The van der Waals surface area contributed by atoms with Gasteiger partial charge in [-0.2, -0.15) is 10.5 Å². The van der Waals surface area contributed by atoms with Gasteiger partial charge in [-0.05, 0) is 37.3 Å². The molecule has 0 spiro atoms. The summed E-state index contributed by atoms with van der Waals surface area (Å²) < 4.78 is 5.56. The number of aryl methyl sites for hydroxylation is 3. The van der Waals surface area contributed by atoms with Crippen LogP contribution in [0.25, 0.3) is 0 Å². The number of nitrogens with zero attached hydrogens (tertiary/aromatic N) is 6. The molecule has 0 bridgehead atoms. The highest BCUT2D eigenvalue weighted by Gasteiger charge is 2.26. The number of rotatable bonds is 4. The third kappa shape index (κ3) is 4.12. The van der Waals surface area contributed by atoms with Gasteiger partial charge in [0.1, 0.15) is 17.2 Å². The van der Waals surface area contributed by atoms with Crippen molar-refractivity contribution < 1.29 is 9.21 Å². The Hall–Kier alpha value is -3.04. The Bertz CT molecular complexity index is 1040. The third-order valence-electron chi connectivity index (χ3n) is 5.46. The van der Waals surface area contributed by atoms with E-state index in [0.29, 0.717) is 48.5 Å². The van der Waals surface area contributed by atoms with Gasteiger partial charge < -0.3 is 14.2 Å². The smallest absolute Gasteiger partial charge is 0.234 e. The van der Waals surface area contributed by atoms with E-state index in [9.17, 15) is 15.3 Å². The molecule has 1 aliphatic carbocycles. The number of oxazole rings is 1. The summed E-state index contributed by atoms with van der Waals surface area (Å²) >= 11 is 1.34. The van der Waals surface area contributed by atoms with Crippen LogP contribution < -0.4 is 4.90 Å². The Morgan fingerprint density at radius 3 is 2.67 bits per heavy atom. The molecule has 2 aromatic rings. The van der Waals surface area contributed by atoms with Crippen LogP contribution in [0.1, 0.15) is 41.2 Å². The minimum Gasteiger partial charge on any atom is -0.424 e. The number of hydrogen-bond acceptors (Lipinski definition) is 8. The molecule has 2 aromatic heterocycles. The van der Waals surface area contributed by atoms with Gasteiger partial charge in [0.25, 0.3) is 0 Å².